The Labute approximate surface area is 229 Å². The lowest BCUT2D eigenvalue weighted by Gasteiger charge is -2.33. The first-order valence-electron chi connectivity index (χ1n) is 12.1. The SMILES string of the molecule is CN1C(=O)[C@]2(Oc3cc(Br)ccc3[C@H]2c2cc(C(C)(C)C)c(O)c(C(C)(C)C)c2)c2cc(Br)ccc21. The molecule has 5 rings (SSSR count). The number of aromatic hydroxyl groups is 1. The molecule has 3 aromatic rings. The molecule has 0 aromatic heterocycles. The summed E-state index contributed by atoms with van der Waals surface area (Å²) in [4.78, 5) is 15.9. The van der Waals surface area contributed by atoms with E-state index < -0.39 is 11.5 Å². The number of fused-ring (bicyclic) bond motifs is 3. The fraction of sp³-hybridized carbons (Fsp3) is 0.367. The van der Waals surface area contributed by atoms with E-state index in [9.17, 15) is 9.90 Å². The van der Waals surface area contributed by atoms with Gasteiger partial charge in [0.1, 0.15) is 11.5 Å². The van der Waals surface area contributed by atoms with E-state index in [1.165, 1.54) is 0 Å². The number of carbonyl (C=O) groups excluding carboxylic acids is 1. The maximum absolute atomic E-state index is 14.2. The molecule has 0 saturated carbocycles. The third kappa shape index (κ3) is 3.63. The van der Waals surface area contributed by atoms with Gasteiger partial charge in [-0.3, -0.25) is 4.79 Å². The van der Waals surface area contributed by atoms with E-state index in [-0.39, 0.29) is 16.7 Å². The fourth-order valence-electron chi connectivity index (χ4n) is 5.62. The molecule has 0 bridgehead atoms. The van der Waals surface area contributed by atoms with E-state index in [1.54, 1.807) is 11.9 Å². The summed E-state index contributed by atoms with van der Waals surface area (Å²) in [6.45, 7) is 12.6. The number of amides is 1. The number of carbonyl (C=O) groups is 1. The molecule has 2 aliphatic rings. The van der Waals surface area contributed by atoms with Crippen LogP contribution in [0.1, 0.15) is 75.3 Å². The number of phenolic OH excluding ortho intramolecular Hbond substituents is 1. The van der Waals surface area contributed by atoms with E-state index in [2.05, 4.69) is 85.5 Å². The van der Waals surface area contributed by atoms with Gasteiger partial charge in [-0.05, 0) is 57.9 Å². The van der Waals surface area contributed by atoms with Crippen molar-refractivity contribution in [3.63, 3.8) is 0 Å². The molecule has 0 saturated heterocycles. The summed E-state index contributed by atoms with van der Waals surface area (Å²) in [7, 11) is 1.81. The molecular formula is C30H31Br2NO3. The monoisotopic (exact) mass is 611 g/mol. The Morgan fingerprint density at radius 3 is 2.03 bits per heavy atom. The van der Waals surface area contributed by atoms with Crippen molar-refractivity contribution in [3.05, 3.63) is 85.3 Å². The number of hydrogen-bond acceptors (Lipinski definition) is 3. The Kier molecular flexibility index (Phi) is 5.70. The highest BCUT2D eigenvalue weighted by Crippen LogP contribution is 2.60. The molecule has 1 spiro atoms. The van der Waals surface area contributed by atoms with Gasteiger partial charge in [-0.15, -0.1) is 0 Å². The van der Waals surface area contributed by atoms with E-state index in [1.807, 2.05) is 36.4 Å². The van der Waals surface area contributed by atoms with Gasteiger partial charge in [-0.1, -0.05) is 91.6 Å². The van der Waals surface area contributed by atoms with Gasteiger partial charge in [0.25, 0.3) is 5.91 Å². The van der Waals surface area contributed by atoms with E-state index in [0.29, 0.717) is 11.5 Å². The average molecular weight is 613 g/mol. The van der Waals surface area contributed by atoms with Crippen LogP contribution in [0.15, 0.2) is 57.5 Å². The summed E-state index contributed by atoms with van der Waals surface area (Å²) >= 11 is 7.19. The van der Waals surface area contributed by atoms with Gasteiger partial charge in [0.05, 0.1) is 11.6 Å². The largest absolute Gasteiger partial charge is 0.507 e. The average Bonchev–Trinajstić information content (AvgIpc) is 3.20. The molecule has 0 aliphatic carbocycles. The summed E-state index contributed by atoms with van der Waals surface area (Å²) in [6.07, 6.45) is 0. The first-order chi connectivity index (χ1) is 16.7. The molecule has 2 heterocycles. The Hall–Kier alpha value is -2.31. The van der Waals surface area contributed by atoms with Crippen LogP contribution in [0.2, 0.25) is 0 Å². The lowest BCUT2D eigenvalue weighted by Crippen LogP contribution is -2.45. The van der Waals surface area contributed by atoms with Crippen LogP contribution in [0.3, 0.4) is 0 Å². The topological polar surface area (TPSA) is 49.8 Å². The van der Waals surface area contributed by atoms with E-state index >= 15 is 0 Å². The smallest absolute Gasteiger partial charge is 0.276 e. The quantitative estimate of drug-likeness (QED) is 0.304. The van der Waals surface area contributed by atoms with Crippen LogP contribution in [0.5, 0.6) is 11.5 Å². The second-order valence-electron chi connectivity index (χ2n) is 11.9. The number of benzene rings is 3. The maximum Gasteiger partial charge on any atom is 0.276 e. The van der Waals surface area contributed by atoms with Crippen molar-refractivity contribution in [1.29, 1.82) is 0 Å². The Balaban J connectivity index is 1.88. The standard InChI is InChI=1S/C30H31Br2NO3/c1-28(2,3)21-12-16(13-22(26(21)34)29(4,5)6)25-19-10-8-18(32)15-24(19)36-30(25)20-14-17(31)9-11-23(20)33(7)27(30)35/h8-15,25,34H,1-7H3/t25-,30+/m1/s1. The van der Waals surface area contributed by atoms with Crippen molar-refractivity contribution in [2.45, 2.75) is 63.9 Å². The molecule has 6 heteroatoms. The first kappa shape index (κ1) is 25.3. The molecular weight excluding hydrogens is 582 g/mol. The number of likely N-dealkylation sites (N-methyl/N-ethyl adjacent to an activating group) is 1. The molecule has 2 atom stereocenters. The van der Waals surface area contributed by atoms with Gasteiger partial charge in [0, 0.05) is 27.1 Å². The third-order valence-electron chi connectivity index (χ3n) is 7.39. The molecule has 4 nitrogen and oxygen atoms in total. The van der Waals surface area contributed by atoms with Gasteiger partial charge >= 0.3 is 0 Å². The summed E-state index contributed by atoms with van der Waals surface area (Å²) in [5.74, 6) is 0.511. The van der Waals surface area contributed by atoms with Crippen LogP contribution in [0.4, 0.5) is 5.69 Å². The predicted molar refractivity (Wildman–Crippen MR) is 151 cm³/mol. The van der Waals surface area contributed by atoms with Gasteiger partial charge in [0.2, 0.25) is 5.60 Å². The van der Waals surface area contributed by atoms with Crippen LogP contribution < -0.4 is 9.64 Å². The minimum absolute atomic E-state index is 0.101. The normalized spacial score (nSPS) is 21.1. The highest BCUT2D eigenvalue weighted by molar-refractivity contribution is 9.10. The predicted octanol–water partition coefficient (Wildman–Crippen LogP) is 7.91. The van der Waals surface area contributed by atoms with Crippen molar-refractivity contribution >= 4 is 43.5 Å². The second kappa shape index (κ2) is 8.09. The number of ether oxygens (including phenoxy) is 1. The molecule has 36 heavy (non-hydrogen) atoms. The molecule has 1 N–H and O–H groups in total. The van der Waals surface area contributed by atoms with Crippen LogP contribution in [0.25, 0.3) is 0 Å². The Bertz CT molecular complexity index is 1380. The summed E-state index contributed by atoms with van der Waals surface area (Å²) in [5, 5.41) is 11.4. The number of hydrogen-bond donors (Lipinski definition) is 1. The number of halogens is 2. The Morgan fingerprint density at radius 1 is 0.889 bits per heavy atom. The fourth-order valence-corrected chi connectivity index (χ4v) is 6.32. The molecule has 1 amide bonds. The van der Waals surface area contributed by atoms with Crippen LogP contribution >= 0.6 is 31.9 Å². The molecule has 0 radical (unpaired) electrons. The van der Waals surface area contributed by atoms with Gasteiger partial charge in [0.15, 0.2) is 0 Å². The van der Waals surface area contributed by atoms with Crippen LogP contribution in [-0.4, -0.2) is 18.1 Å². The number of nitrogens with zero attached hydrogens (tertiary/aromatic N) is 1. The zero-order valence-corrected chi connectivity index (χ0v) is 24.8. The lowest BCUT2D eigenvalue weighted by atomic mass is 9.71. The zero-order valence-electron chi connectivity index (χ0n) is 21.7. The van der Waals surface area contributed by atoms with Crippen molar-refractivity contribution in [2.24, 2.45) is 0 Å². The second-order valence-corrected chi connectivity index (χ2v) is 13.8. The van der Waals surface area contributed by atoms with E-state index in [0.717, 1.165) is 42.5 Å². The summed E-state index contributed by atoms with van der Waals surface area (Å²) < 4.78 is 8.52. The van der Waals surface area contributed by atoms with Crippen molar-refractivity contribution in [1.82, 2.24) is 0 Å². The maximum atomic E-state index is 14.2. The molecule has 0 fully saturated rings. The minimum Gasteiger partial charge on any atom is -0.507 e. The molecule has 2 aliphatic heterocycles. The van der Waals surface area contributed by atoms with Crippen molar-refractivity contribution in [2.75, 3.05) is 11.9 Å². The Morgan fingerprint density at radius 2 is 1.44 bits per heavy atom. The first-order valence-corrected chi connectivity index (χ1v) is 13.7. The van der Waals surface area contributed by atoms with Crippen molar-refractivity contribution < 1.29 is 14.6 Å². The number of anilines is 1. The summed E-state index contributed by atoms with van der Waals surface area (Å²) in [5.41, 5.74) is 3.46. The minimum atomic E-state index is -1.25. The van der Waals surface area contributed by atoms with Crippen molar-refractivity contribution in [3.8, 4) is 11.5 Å². The van der Waals surface area contributed by atoms with Crippen LogP contribution in [-0.2, 0) is 21.2 Å². The number of phenols is 1. The lowest BCUT2D eigenvalue weighted by molar-refractivity contribution is -0.132. The highest BCUT2D eigenvalue weighted by atomic mass is 79.9. The van der Waals surface area contributed by atoms with Gasteiger partial charge in [-0.25, -0.2) is 0 Å². The number of rotatable bonds is 1. The van der Waals surface area contributed by atoms with Gasteiger partial charge < -0.3 is 14.7 Å². The van der Waals surface area contributed by atoms with Crippen LogP contribution in [0, 0.1) is 0 Å². The van der Waals surface area contributed by atoms with Gasteiger partial charge in [-0.2, -0.15) is 0 Å². The highest BCUT2D eigenvalue weighted by Gasteiger charge is 2.62. The molecule has 0 unspecified atom stereocenters. The molecule has 188 valence electrons. The molecule has 3 aromatic carbocycles. The summed E-state index contributed by atoms with van der Waals surface area (Å²) in [6, 6.07) is 16.0. The third-order valence-corrected chi connectivity index (χ3v) is 8.37. The van der Waals surface area contributed by atoms with E-state index in [4.69, 9.17) is 4.74 Å². The zero-order chi connectivity index (χ0) is 26.4.